The number of anilines is 2. The van der Waals surface area contributed by atoms with Gasteiger partial charge in [0.05, 0.1) is 24.1 Å². The molecule has 1 N–H and O–H groups in total. The summed E-state index contributed by atoms with van der Waals surface area (Å²) in [5, 5.41) is 3.16. The number of ether oxygens (including phenoxy) is 1. The summed E-state index contributed by atoms with van der Waals surface area (Å²) in [5.41, 5.74) is 3.00. The zero-order valence-electron chi connectivity index (χ0n) is 17.2. The Balaban J connectivity index is 1.86. The number of hydrogen-bond donors (Lipinski definition) is 1. The third-order valence-electron chi connectivity index (χ3n) is 5.05. The fourth-order valence-corrected chi connectivity index (χ4v) is 4.78. The first-order chi connectivity index (χ1) is 13.7. The molecule has 0 aliphatic carbocycles. The summed E-state index contributed by atoms with van der Waals surface area (Å²) in [4.78, 5) is 41.5. The van der Waals surface area contributed by atoms with Gasteiger partial charge in [-0.3, -0.25) is 9.59 Å². The lowest BCUT2D eigenvalue weighted by Crippen LogP contribution is -2.37. The van der Waals surface area contributed by atoms with Crippen LogP contribution in [0.15, 0.2) is 24.3 Å². The molecule has 29 heavy (non-hydrogen) atoms. The molecule has 2 amide bonds. The van der Waals surface area contributed by atoms with Crippen LogP contribution in [-0.4, -0.2) is 56.5 Å². The van der Waals surface area contributed by atoms with Gasteiger partial charge in [0.25, 0.3) is 5.91 Å². The second-order valence-electron chi connectivity index (χ2n) is 7.31. The van der Waals surface area contributed by atoms with E-state index in [1.807, 2.05) is 18.2 Å². The third kappa shape index (κ3) is 3.98. The van der Waals surface area contributed by atoms with Crippen LogP contribution in [0.2, 0.25) is 0 Å². The van der Waals surface area contributed by atoms with Crippen molar-refractivity contribution >= 4 is 39.8 Å². The Labute approximate surface area is 174 Å². The van der Waals surface area contributed by atoms with E-state index in [0.29, 0.717) is 15.4 Å². The van der Waals surface area contributed by atoms with Gasteiger partial charge in [-0.15, -0.1) is 11.3 Å². The first kappa shape index (κ1) is 20.9. The van der Waals surface area contributed by atoms with Gasteiger partial charge >= 0.3 is 5.97 Å². The molecule has 1 atom stereocenters. The fourth-order valence-electron chi connectivity index (χ4n) is 3.55. The fraction of sp³-hybridized carbons (Fsp3) is 0.381. The second-order valence-corrected chi connectivity index (χ2v) is 8.33. The zero-order valence-corrected chi connectivity index (χ0v) is 18.1. The standard InChI is InChI=1S/C21H25N3O4S/c1-12-10-14-8-6-7-9-15(14)24(12)11-16(25)22-19-17(21(27)28-5)13(2)18(29-19)20(26)23(3)4/h6-9,12H,10-11H2,1-5H3,(H,22,25). The lowest BCUT2D eigenvalue weighted by molar-refractivity contribution is -0.115. The number of nitrogens with zero attached hydrogens (tertiary/aromatic N) is 2. The van der Waals surface area contributed by atoms with Crippen LogP contribution in [0.3, 0.4) is 0 Å². The van der Waals surface area contributed by atoms with Crippen molar-refractivity contribution in [3.8, 4) is 0 Å². The Morgan fingerprint density at radius 3 is 2.62 bits per heavy atom. The largest absolute Gasteiger partial charge is 0.465 e. The number of rotatable bonds is 5. The van der Waals surface area contributed by atoms with Gasteiger partial charge in [0.1, 0.15) is 5.00 Å². The second kappa shape index (κ2) is 8.24. The minimum atomic E-state index is -0.577. The molecule has 1 aromatic carbocycles. The molecule has 2 heterocycles. The average molecular weight is 416 g/mol. The minimum absolute atomic E-state index is 0.159. The van der Waals surface area contributed by atoms with Crippen molar-refractivity contribution in [3.63, 3.8) is 0 Å². The number of methoxy groups -OCH3 is 1. The molecule has 1 aromatic heterocycles. The topological polar surface area (TPSA) is 79.0 Å². The molecule has 7 nitrogen and oxygen atoms in total. The molecule has 0 saturated carbocycles. The van der Waals surface area contributed by atoms with Gasteiger partial charge in [0.2, 0.25) is 5.91 Å². The van der Waals surface area contributed by atoms with Crippen molar-refractivity contribution in [2.45, 2.75) is 26.3 Å². The monoisotopic (exact) mass is 415 g/mol. The number of hydrogen-bond acceptors (Lipinski definition) is 6. The summed E-state index contributed by atoms with van der Waals surface area (Å²) in [6, 6.07) is 8.24. The van der Waals surface area contributed by atoms with Gasteiger partial charge in [-0.05, 0) is 37.5 Å². The smallest absolute Gasteiger partial charge is 0.341 e. The number of nitrogens with one attached hydrogen (secondary N) is 1. The molecule has 154 valence electrons. The number of carbonyl (C=O) groups excluding carboxylic acids is 3. The van der Waals surface area contributed by atoms with Crippen molar-refractivity contribution in [2.24, 2.45) is 0 Å². The van der Waals surface area contributed by atoms with Gasteiger partial charge in [-0.1, -0.05) is 18.2 Å². The van der Waals surface area contributed by atoms with E-state index in [9.17, 15) is 14.4 Å². The zero-order chi connectivity index (χ0) is 21.3. The molecule has 1 aliphatic rings. The maximum Gasteiger partial charge on any atom is 0.341 e. The number of benzene rings is 1. The lowest BCUT2D eigenvalue weighted by Gasteiger charge is -2.24. The van der Waals surface area contributed by atoms with Crippen LogP contribution >= 0.6 is 11.3 Å². The molecule has 0 saturated heterocycles. The van der Waals surface area contributed by atoms with Crippen molar-refractivity contribution in [1.29, 1.82) is 0 Å². The summed E-state index contributed by atoms with van der Waals surface area (Å²) < 4.78 is 4.87. The van der Waals surface area contributed by atoms with Crippen LogP contribution < -0.4 is 10.2 Å². The molecule has 3 rings (SSSR count). The number of fused-ring (bicyclic) bond motifs is 1. The highest BCUT2D eigenvalue weighted by atomic mass is 32.1. The summed E-state index contributed by atoms with van der Waals surface area (Å²) >= 11 is 1.10. The van der Waals surface area contributed by atoms with Gasteiger partial charge in [-0.2, -0.15) is 0 Å². The van der Waals surface area contributed by atoms with Crippen LogP contribution in [0.4, 0.5) is 10.7 Å². The van der Waals surface area contributed by atoms with E-state index in [1.165, 1.54) is 17.6 Å². The number of carbonyl (C=O) groups is 3. The van der Waals surface area contributed by atoms with Crippen LogP contribution in [0.5, 0.6) is 0 Å². The quantitative estimate of drug-likeness (QED) is 0.760. The number of amides is 2. The van der Waals surface area contributed by atoms with E-state index in [1.54, 1.807) is 21.0 Å². The van der Waals surface area contributed by atoms with Crippen molar-refractivity contribution in [2.75, 3.05) is 38.0 Å². The van der Waals surface area contributed by atoms with E-state index >= 15 is 0 Å². The van der Waals surface area contributed by atoms with Crippen LogP contribution in [-0.2, 0) is 16.0 Å². The summed E-state index contributed by atoms with van der Waals surface area (Å²) in [7, 11) is 4.56. The summed E-state index contributed by atoms with van der Waals surface area (Å²) in [5.74, 6) is -1.05. The Kier molecular flexibility index (Phi) is 5.93. The number of esters is 1. The van der Waals surface area contributed by atoms with Crippen molar-refractivity contribution in [3.05, 3.63) is 45.8 Å². The molecule has 1 unspecified atom stereocenters. The Hall–Kier alpha value is -2.87. The van der Waals surface area contributed by atoms with E-state index in [2.05, 4.69) is 23.2 Å². The van der Waals surface area contributed by atoms with Crippen LogP contribution in [0.25, 0.3) is 0 Å². The predicted molar refractivity (Wildman–Crippen MR) is 114 cm³/mol. The molecule has 2 aromatic rings. The highest BCUT2D eigenvalue weighted by Gasteiger charge is 2.30. The van der Waals surface area contributed by atoms with Gasteiger partial charge in [0.15, 0.2) is 0 Å². The maximum absolute atomic E-state index is 12.8. The SMILES string of the molecule is COC(=O)c1c(NC(=O)CN2c3ccccc3CC2C)sc(C(=O)N(C)C)c1C. The number of para-hydroxylation sites is 1. The Morgan fingerprint density at radius 1 is 1.28 bits per heavy atom. The Morgan fingerprint density at radius 2 is 1.97 bits per heavy atom. The normalized spacial score (nSPS) is 15.1. The van der Waals surface area contributed by atoms with Crippen LogP contribution in [0, 0.1) is 6.92 Å². The third-order valence-corrected chi connectivity index (χ3v) is 6.25. The number of thiophene rings is 1. The molecule has 0 bridgehead atoms. The Bertz CT molecular complexity index is 967. The van der Waals surface area contributed by atoms with Gasteiger partial charge in [0, 0.05) is 25.8 Å². The summed E-state index contributed by atoms with van der Waals surface area (Å²) in [6.45, 7) is 3.93. The molecule has 0 fully saturated rings. The van der Waals surface area contributed by atoms with E-state index < -0.39 is 5.97 Å². The molecule has 8 heteroatoms. The van der Waals surface area contributed by atoms with Gasteiger partial charge in [-0.25, -0.2) is 4.79 Å². The molecule has 0 radical (unpaired) electrons. The maximum atomic E-state index is 12.8. The first-order valence-electron chi connectivity index (χ1n) is 9.32. The first-order valence-corrected chi connectivity index (χ1v) is 10.1. The van der Waals surface area contributed by atoms with E-state index in [0.717, 1.165) is 23.4 Å². The lowest BCUT2D eigenvalue weighted by atomic mass is 10.1. The van der Waals surface area contributed by atoms with Crippen molar-refractivity contribution < 1.29 is 19.1 Å². The summed E-state index contributed by atoms with van der Waals surface area (Å²) in [6.07, 6.45) is 0.885. The highest BCUT2D eigenvalue weighted by Crippen LogP contribution is 2.35. The molecule has 1 aliphatic heterocycles. The molecular formula is C21H25N3O4S. The van der Waals surface area contributed by atoms with E-state index in [-0.39, 0.29) is 30.0 Å². The van der Waals surface area contributed by atoms with Crippen LogP contribution in [0.1, 0.15) is 38.1 Å². The molecule has 0 spiro atoms. The van der Waals surface area contributed by atoms with Gasteiger partial charge < -0.3 is 19.9 Å². The highest BCUT2D eigenvalue weighted by molar-refractivity contribution is 7.18. The average Bonchev–Trinajstić information content (AvgIpc) is 3.17. The van der Waals surface area contributed by atoms with Crippen molar-refractivity contribution in [1.82, 2.24) is 4.90 Å². The molecular weight excluding hydrogens is 390 g/mol. The predicted octanol–water partition coefficient (Wildman–Crippen LogP) is 2.93. The minimum Gasteiger partial charge on any atom is -0.465 e. The van der Waals surface area contributed by atoms with E-state index in [4.69, 9.17) is 4.74 Å².